The fourth-order valence-corrected chi connectivity index (χ4v) is 5.01. The Labute approximate surface area is 188 Å². The minimum absolute atomic E-state index is 0.0912. The minimum Gasteiger partial charge on any atom is -0.382 e. The Morgan fingerprint density at radius 1 is 1.25 bits per heavy atom. The molecule has 0 aliphatic carbocycles. The van der Waals surface area contributed by atoms with Gasteiger partial charge in [-0.25, -0.2) is 25.7 Å². The number of rotatable bonds is 9. The second-order valence-electron chi connectivity index (χ2n) is 6.57. The number of hydrazone groups is 1. The van der Waals surface area contributed by atoms with Crippen LogP contribution in [-0.4, -0.2) is 38.9 Å². The molecule has 12 N–H and O–H groups in total. The largest absolute Gasteiger partial charge is 0.382 e. The first kappa shape index (κ1) is 24.0. The number of hydrogen-bond donors (Lipinski definition) is 7. The van der Waals surface area contributed by atoms with E-state index < -0.39 is 29.3 Å². The van der Waals surface area contributed by atoms with Crippen molar-refractivity contribution in [3.63, 3.8) is 0 Å². The summed E-state index contributed by atoms with van der Waals surface area (Å²) in [6.07, 6.45) is 0. The Balaban J connectivity index is 2.34. The summed E-state index contributed by atoms with van der Waals surface area (Å²) in [7, 11) is -1.96. The summed E-state index contributed by atoms with van der Waals surface area (Å²) < 4.78 is 40.8. The van der Waals surface area contributed by atoms with Crippen molar-refractivity contribution in [2.24, 2.45) is 33.3 Å². The molecule has 1 heterocycles. The third-order valence-electron chi connectivity index (χ3n) is 4.54. The number of halogens is 2. The number of hydrazine groups is 1. The van der Waals surface area contributed by atoms with Gasteiger partial charge in [0, 0.05) is 28.3 Å². The Morgan fingerprint density at radius 3 is 2.62 bits per heavy atom. The van der Waals surface area contributed by atoms with E-state index in [1.807, 2.05) is 0 Å². The van der Waals surface area contributed by atoms with Crippen molar-refractivity contribution in [2.45, 2.75) is 15.7 Å². The standard InChI is InChI=1S/C18H23F2N9OS2/c19-18(20,8-22)17-26-11-3-1-2-10(14(11)27-17)9-4-5-12(31-7-6-21)15(32(25)30)13(9)16(23)28-29-24/h1-5,29H,6-8,21-22,24-25H2,(H2,23,28)(H,26,27). The molecule has 3 aromatic rings. The first-order valence-corrected chi connectivity index (χ1v) is 11.5. The Kier molecular flexibility index (Phi) is 7.43. The van der Waals surface area contributed by atoms with E-state index in [1.54, 1.807) is 30.3 Å². The summed E-state index contributed by atoms with van der Waals surface area (Å²) in [5, 5.41) is 9.61. The zero-order valence-corrected chi connectivity index (χ0v) is 18.4. The van der Waals surface area contributed by atoms with Gasteiger partial charge >= 0.3 is 5.92 Å². The van der Waals surface area contributed by atoms with E-state index >= 15 is 0 Å². The maximum Gasteiger partial charge on any atom is 0.316 e. The molecule has 10 nitrogen and oxygen atoms in total. The van der Waals surface area contributed by atoms with E-state index in [4.69, 9.17) is 28.2 Å². The highest BCUT2D eigenvalue weighted by Crippen LogP contribution is 2.38. The summed E-state index contributed by atoms with van der Waals surface area (Å²) >= 11 is 1.35. The number of nitrogens with one attached hydrogen (secondary N) is 2. The summed E-state index contributed by atoms with van der Waals surface area (Å²) in [4.78, 5) is 7.51. The van der Waals surface area contributed by atoms with Gasteiger partial charge in [0.1, 0.15) is 11.0 Å². The molecular weight excluding hydrogens is 460 g/mol. The lowest BCUT2D eigenvalue weighted by atomic mass is 9.97. The number of benzene rings is 2. The first-order chi connectivity index (χ1) is 15.2. The average Bonchev–Trinajstić information content (AvgIpc) is 3.22. The van der Waals surface area contributed by atoms with E-state index in [2.05, 4.69) is 20.6 Å². The number of nitrogens with two attached hydrogens (primary N) is 5. The molecule has 0 saturated carbocycles. The van der Waals surface area contributed by atoms with Crippen LogP contribution in [0.2, 0.25) is 0 Å². The van der Waals surface area contributed by atoms with Gasteiger partial charge in [-0.3, -0.25) is 0 Å². The molecule has 1 atom stereocenters. The number of imidazole rings is 1. The van der Waals surface area contributed by atoms with E-state index in [1.165, 1.54) is 11.8 Å². The summed E-state index contributed by atoms with van der Waals surface area (Å²) in [5.74, 6) is 1.85. The van der Waals surface area contributed by atoms with Crippen molar-refractivity contribution in [3.05, 3.63) is 41.7 Å². The van der Waals surface area contributed by atoms with Gasteiger partial charge in [-0.05, 0) is 17.7 Å². The molecule has 0 fully saturated rings. The van der Waals surface area contributed by atoms with Crippen LogP contribution >= 0.6 is 11.8 Å². The van der Waals surface area contributed by atoms with Crippen LogP contribution in [0.5, 0.6) is 0 Å². The van der Waals surface area contributed by atoms with Crippen LogP contribution < -0.4 is 33.7 Å². The van der Waals surface area contributed by atoms with Crippen molar-refractivity contribution in [1.29, 1.82) is 0 Å². The van der Waals surface area contributed by atoms with Crippen molar-refractivity contribution >= 4 is 39.6 Å². The van der Waals surface area contributed by atoms with Gasteiger partial charge in [0.2, 0.25) is 0 Å². The smallest absolute Gasteiger partial charge is 0.316 e. The number of aromatic amines is 1. The quantitative estimate of drug-likeness (QED) is 0.0745. The molecule has 1 aromatic heterocycles. The van der Waals surface area contributed by atoms with Crippen LogP contribution in [0.25, 0.3) is 22.2 Å². The van der Waals surface area contributed by atoms with Gasteiger partial charge in [0.15, 0.2) is 11.7 Å². The highest BCUT2D eigenvalue weighted by atomic mass is 32.2. The third kappa shape index (κ3) is 4.60. The van der Waals surface area contributed by atoms with Crippen molar-refractivity contribution in [1.82, 2.24) is 15.5 Å². The van der Waals surface area contributed by atoms with E-state index in [9.17, 15) is 13.0 Å². The lowest BCUT2D eigenvalue weighted by Gasteiger charge is -2.17. The zero-order chi connectivity index (χ0) is 23.5. The number of para-hydroxylation sites is 1. The van der Waals surface area contributed by atoms with E-state index in [0.717, 1.165) is 0 Å². The lowest BCUT2D eigenvalue weighted by molar-refractivity contribution is -0.00235. The van der Waals surface area contributed by atoms with Crippen LogP contribution in [-0.2, 0) is 16.9 Å². The molecule has 0 bridgehead atoms. The topological polar surface area (TPSA) is 200 Å². The van der Waals surface area contributed by atoms with Crippen LogP contribution in [0.3, 0.4) is 0 Å². The first-order valence-electron chi connectivity index (χ1n) is 9.27. The maximum atomic E-state index is 14.2. The number of H-pyrrole nitrogens is 1. The highest BCUT2D eigenvalue weighted by Gasteiger charge is 2.34. The molecule has 0 spiro atoms. The molecule has 2 aromatic carbocycles. The zero-order valence-electron chi connectivity index (χ0n) is 16.8. The van der Waals surface area contributed by atoms with Gasteiger partial charge in [-0.2, -0.15) is 8.78 Å². The van der Waals surface area contributed by atoms with Gasteiger partial charge in [-0.1, -0.05) is 18.2 Å². The number of thioether (sulfide) groups is 1. The van der Waals surface area contributed by atoms with Crippen LogP contribution in [0, 0.1) is 0 Å². The lowest BCUT2D eigenvalue weighted by Crippen LogP contribution is -2.26. The molecule has 3 rings (SSSR count). The molecule has 0 amide bonds. The minimum atomic E-state index is -3.34. The van der Waals surface area contributed by atoms with Crippen LogP contribution in [0.4, 0.5) is 8.78 Å². The SMILES string of the molecule is NCCSc1ccc(-c2cccc3[nH]c(C(F)(F)CN)nc23)c(/C(N)=N/NN)c1S(N)=O. The van der Waals surface area contributed by atoms with Gasteiger partial charge < -0.3 is 22.2 Å². The highest BCUT2D eigenvalue weighted by molar-refractivity contribution is 7.99. The third-order valence-corrected chi connectivity index (χ3v) is 6.59. The molecule has 14 heteroatoms. The van der Waals surface area contributed by atoms with Crippen LogP contribution in [0.15, 0.2) is 45.2 Å². The fourth-order valence-electron chi connectivity index (χ4n) is 3.17. The molecule has 0 aliphatic rings. The van der Waals surface area contributed by atoms with Crippen molar-refractivity contribution in [2.75, 3.05) is 18.8 Å². The molecule has 172 valence electrons. The summed E-state index contributed by atoms with van der Waals surface area (Å²) in [6.45, 7) is -0.518. The predicted octanol–water partition coefficient (Wildman–Crippen LogP) is 0.396. The number of alkyl halides is 2. The Bertz CT molecular complexity index is 1180. The van der Waals surface area contributed by atoms with Crippen LogP contribution in [0.1, 0.15) is 11.4 Å². The number of aromatic nitrogens is 2. The summed E-state index contributed by atoms with van der Waals surface area (Å²) in [5.41, 5.74) is 20.8. The monoisotopic (exact) mass is 483 g/mol. The predicted molar refractivity (Wildman–Crippen MR) is 123 cm³/mol. The second kappa shape index (κ2) is 9.89. The Morgan fingerprint density at radius 2 is 2.00 bits per heavy atom. The van der Waals surface area contributed by atoms with Gasteiger partial charge in [0.05, 0.1) is 22.5 Å². The molecule has 1 unspecified atom stereocenters. The van der Waals surface area contributed by atoms with Gasteiger partial charge in [-0.15, -0.1) is 16.9 Å². The molecule has 0 aliphatic heterocycles. The normalized spacial score (nSPS) is 13.5. The Hall–Kier alpha value is -2.62. The summed E-state index contributed by atoms with van der Waals surface area (Å²) in [6, 6.07) is 8.35. The van der Waals surface area contributed by atoms with E-state index in [0.29, 0.717) is 33.8 Å². The van der Waals surface area contributed by atoms with Crippen molar-refractivity contribution < 1.29 is 13.0 Å². The fraction of sp³-hybridized carbons (Fsp3) is 0.222. The van der Waals surface area contributed by atoms with Crippen molar-refractivity contribution in [3.8, 4) is 11.1 Å². The second-order valence-corrected chi connectivity index (χ2v) is 8.71. The number of fused-ring (bicyclic) bond motifs is 1. The van der Waals surface area contributed by atoms with Gasteiger partial charge in [0.25, 0.3) is 0 Å². The molecule has 0 saturated heterocycles. The molecular formula is C18H23F2N9OS2. The average molecular weight is 484 g/mol. The maximum absolute atomic E-state index is 14.2. The van der Waals surface area contributed by atoms with E-state index in [-0.39, 0.29) is 21.8 Å². The number of hydrogen-bond acceptors (Lipinski definition) is 8. The molecule has 32 heavy (non-hydrogen) atoms. The molecule has 0 radical (unpaired) electrons. The number of nitrogens with zero attached hydrogens (tertiary/aromatic N) is 2. The number of amidine groups is 1.